The lowest BCUT2D eigenvalue weighted by atomic mass is 10.2. The molecular weight excluding hydrogens is 304 g/mol. The Labute approximate surface area is 125 Å². The molecule has 2 N–H and O–H groups in total. The van der Waals surface area contributed by atoms with Gasteiger partial charge >= 0.3 is 12.3 Å². The number of ether oxygens (including phenoxy) is 1. The van der Waals surface area contributed by atoms with E-state index in [-0.39, 0.29) is 18.9 Å². The molecule has 0 aliphatic rings. The fraction of sp³-hybridized carbons (Fsp3) is 0.500. The van der Waals surface area contributed by atoms with E-state index in [1.54, 1.807) is 25.2 Å². The largest absolute Gasteiger partial charge is 0.370 e. The molecule has 124 valence electrons. The summed E-state index contributed by atoms with van der Waals surface area (Å²) in [6, 6.07) is 6.37. The molecule has 1 aromatic rings. The zero-order valence-corrected chi connectivity index (χ0v) is 12.0. The van der Waals surface area contributed by atoms with Crippen LogP contribution >= 0.6 is 0 Å². The first kappa shape index (κ1) is 18.4. The van der Waals surface area contributed by atoms with Crippen LogP contribution in [0, 0.1) is 0 Å². The second-order valence-electron chi connectivity index (χ2n) is 4.66. The molecule has 1 amide bonds. The number of halogens is 4. The van der Waals surface area contributed by atoms with Gasteiger partial charge < -0.3 is 15.4 Å². The molecule has 22 heavy (non-hydrogen) atoms. The quantitative estimate of drug-likeness (QED) is 0.687. The number of hydrogen-bond donors (Lipinski definition) is 2. The number of carbonyl (C=O) groups excluding carboxylic acids is 1. The maximum Gasteiger partial charge on any atom is 0.330 e. The van der Waals surface area contributed by atoms with E-state index >= 15 is 0 Å². The van der Waals surface area contributed by atoms with E-state index in [9.17, 15) is 22.4 Å². The third kappa shape index (κ3) is 6.40. The first-order chi connectivity index (χ1) is 10.3. The van der Waals surface area contributed by atoms with Gasteiger partial charge in [-0.15, -0.1) is 0 Å². The first-order valence-corrected chi connectivity index (χ1v) is 6.62. The Morgan fingerprint density at radius 3 is 2.73 bits per heavy atom. The molecule has 0 aliphatic heterocycles. The van der Waals surface area contributed by atoms with Crippen molar-refractivity contribution in [1.29, 1.82) is 0 Å². The summed E-state index contributed by atoms with van der Waals surface area (Å²) in [7, 11) is 1.72. The molecule has 0 bridgehead atoms. The molecule has 0 saturated carbocycles. The normalized spacial score (nSPS) is 11.7. The fourth-order valence-electron chi connectivity index (χ4n) is 1.57. The van der Waals surface area contributed by atoms with Crippen LogP contribution < -0.4 is 10.6 Å². The monoisotopic (exact) mass is 322 g/mol. The zero-order chi connectivity index (χ0) is 16.6. The lowest BCUT2D eigenvalue weighted by Crippen LogP contribution is -2.32. The van der Waals surface area contributed by atoms with Crippen LogP contribution in [0.5, 0.6) is 0 Å². The van der Waals surface area contributed by atoms with Crippen molar-refractivity contribution in [1.82, 2.24) is 5.32 Å². The summed E-state index contributed by atoms with van der Waals surface area (Å²) in [5.41, 5.74) is 0.985. The Morgan fingerprint density at radius 2 is 2.09 bits per heavy atom. The number of amides is 1. The summed E-state index contributed by atoms with van der Waals surface area (Å²) in [6.07, 6.45) is -3.47. The predicted octanol–water partition coefficient (Wildman–Crippen LogP) is 2.65. The van der Waals surface area contributed by atoms with Crippen LogP contribution in [0.15, 0.2) is 24.3 Å². The highest BCUT2D eigenvalue weighted by atomic mass is 19.3. The SMILES string of the molecule is CNCCC(=O)Nc1cccc(COCC(F)(F)C(F)F)c1. The van der Waals surface area contributed by atoms with Crippen molar-refractivity contribution in [3.8, 4) is 0 Å². The summed E-state index contributed by atoms with van der Waals surface area (Å²) >= 11 is 0. The van der Waals surface area contributed by atoms with Crippen LogP contribution in [0.3, 0.4) is 0 Å². The van der Waals surface area contributed by atoms with Gasteiger partial charge in [-0.1, -0.05) is 12.1 Å². The molecule has 8 heteroatoms. The van der Waals surface area contributed by atoms with E-state index in [0.29, 0.717) is 17.8 Å². The summed E-state index contributed by atoms with van der Waals surface area (Å²) in [6.45, 7) is -1.08. The molecular formula is C14H18F4N2O2. The molecule has 0 aliphatic carbocycles. The van der Waals surface area contributed by atoms with Crippen molar-refractivity contribution in [2.75, 3.05) is 25.5 Å². The zero-order valence-electron chi connectivity index (χ0n) is 12.0. The number of alkyl halides is 4. The summed E-state index contributed by atoms with van der Waals surface area (Å²) in [4.78, 5) is 11.5. The van der Waals surface area contributed by atoms with Gasteiger partial charge in [-0.05, 0) is 24.7 Å². The average molecular weight is 322 g/mol. The van der Waals surface area contributed by atoms with Gasteiger partial charge in [0.25, 0.3) is 0 Å². The van der Waals surface area contributed by atoms with Crippen molar-refractivity contribution < 1.29 is 27.1 Å². The lowest BCUT2D eigenvalue weighted by molar-refractivity contribution is -0.168. The van der Waals surface area contributed by atoms with Crippen LogP contribution in [0.2, 0.25) is 0 Å². The van der Waals surface area contributed by atoms with E-state index in [1.807, 2.05) is 0 Å². The predicted molar refractivity (Wildman–Crippen MR) is 74.2 cm³/mol. The van der Waals surface area contributed by atoms with Gasteiger partial charge in [0.05, 0.1) is 6.61 Å². The third-order valence-corrected chi connectivity index (χ3v) is 2.70. The molecule has 1 aromatic carbocycles. The van der Waals surface area contributed by atoms with Crippen LogP contribution in [-0.2, 0) is 16.1 Å². The maximum absolute atomic E-state index is 12.7. The van der Waals surface area contributed by atoms with Gasteiger partial charge in [-0.2, -0.15) is 8.78 Å². The van der Waals surface area contributed by atoms with Crippen molar-refractivity contribution >= 4 is 11.6 Å². The van der Waals surface area contributed by atoms with Gasteiger partial charge in [0, 0.05) is 18.7 Å². The summed E-state index contributed by atoms with van der Waals surface area (Å²) in [5.74, 6) is -4.37. The highest BCUT2D eigenvalue weighted by Gasteiger charge is 2.40. The molecule has 0 heterocycles. The Balaban J connectivity index is 2.49. The Hall–Kier alpha value is -1.67. The Morgan fingerprint density at radius 1 is 1.36 bits per heavy atom. The van der Waals surface area contributed by atoms with E-state index in [4.69, 9.17) is 0 Å². The smallest absolute Gasteiger partial charge is 0.330 e. The van der Waals surface area contributed by atoms with Gasteiger partial charge in [0.1, 0.15) is 6.61 Å². The van der Waals surface area contributed by atoms with E-state index in [0.717, 1.165) is 0 Å². The number of rotatable bonds is 9. The van der Waals surface area contributed by atoms with Crippen LogP contribution in [0.4, 0.5) is 23.2 Å². The van der Waals surface area contributed by atoms with Crippen LogP contribution in [0.25, 0.3) is 0 Å². The highest BCUT2D eigenvalue weighted by molar-refractivity contribution is 5.90. The summed E-state index contributed by atoms with van der Waals surface area (Å²) in [5, 5.41) is 5.47. The van der Waals surface area contributed by atoms with E-state index in [1.165, 1.54) is 6.07 Å². The molecule has 0 saturated heterocycles. The summed E-state index contributed by atoms with van der Waals surface area (Å²) < 4.78 is 53.9. The van der Waals surface area contributed by atoms with Crippen LogP contribution in [-0.4, -0.2) is 38.5 Å². The van der Waals surface area contributed by atoms with Crippen molar-refractivity contribution in [2.45, 2.75) is 25.4 Å². The Bertz CT molecular complexity index is 484. The van der Waals surface area contributed by atoms with Gasteiger partial charge in [-0.3, -0.25) is 4.79 Å². The van der Waals surface area contributed by atoms with Gasteiger partial charge in [-0.25, -0.2) is 8.78 Å². The number of nitrogens with one attached hydrogen (secondary N) is 2. The van der Waals surface area contributed by atoms with E-state index < -0.39 is 19.0 Å². The number of carbonyl (C=O) groups is 1. The minimum Gasteiger partial charge on any atom is -0.370 e. The number of anilines is 1. The standard InChI is InChI=1S/C14H18F4N2O2/c1-19-6-5-12(21)20-11-4-2-3-10(7-11)8-22-9-14(17,18)13(15)16/h2-4,7,13,19H,5-6,8-9H2,1H3,(H,20,21). The maximum atomic E-state index is 12.7. The lowest BCUT2D eigenvalue weighted by Gasteiger charge is -2.15. The van der Waals surface area contributed by atoms with E-state index in [2.05, 4.69) is 15.4 Å². The number of hydrogen-bond acceptors (Lipinski definition) is 3. The van der Waals surface area contributed by atoms with Crippen molar-refractivity contribution in [3.63, 3.8) is 0 Å². The molecule has 0 radical (unpaired) electrons. The van der Waals surface area contributed by atoms with Crippen LogP contribution in [0.1, 0.15) is 12.0 Å². The van der Waals surface area contributed by atoms with Gasteiger partial charge in [0.2, 0.25) is 5.91 Å². The second-order valence-corrected chi connectivity index (χ2v) is 4.66. The minimum atomic E-state index is -4.17. The van der Waals surface area contributed by atoms with Crippen molar-refractivity contribution in [2.24, 2.45) is 0 Å². The molecule has 1 rings (SSSR count). The number of benzene rings is 1. The molecule has 0 aromatic heterocycles. The minimum absolute atomic E-state index is 0.198. The van der Waals surface area contributed by atoms with Crippen molar-refractivity contribution in [3.05, 3.63) is 29.8 Å². The topological polar surface area (TPSA) is 50.4 Å². The second kappa shape index (κ2) is 8.70. The average Bonchev–Trinajstić information content (AvgIpc) is 2.45. The molecule has 0 fully saturated rings. The third-order valence-electron chi connectivity index (χ3n) is 2.70. The Kier molecular flexibility index (Phi) is 7.26. The first-order valence-electron chi connectivity index (χ1n) is 6.62. The molecule has 0 spiro atoms. The fourth-order valence-corrected chi connectivity index (χ4v) is 1.57. The molecule has 4 nitrogen and oxygen atoms in total. The molecule has 0 atom stereocenters. The molecule has 0 unspecified atom stereocenters. The highest BCUT2D eigenvalue weighted by Crippen LogP contribution is 2.23. The van der Waals surface area contributed by atoms with Gasteiger partial charge in [0.15, 0.2) is 0 Å².